The second kappa shape index (κ2) is 7.83. The first-order valence-corrected chi connectivity index (χ1v) is 10.7. The van der Waals surface area contributed by atoms with E-state index in [-0.39, 0.29) is 6.54 Å². The maximum atomic E-state index is 12.3. The largest absolute Gasteiger partial charge is 0.325 e. The Morgan fingerprint density at radius 2 is 1.83 bits per heavy atom. The zero-order chi connectivity index (χ0) is 17.9. The van der Waals surface area contributed by atoms with E-state index < -0.39 is 15.9 Å². The Morgan fingerprint density at radius 3 is 2.38 bits per heavy atom. The van der Waals surface area contributed by atoms with Crippen molar-refractivity contribution in [3.63, 3.8) is 0 Å². The zero-order valence-electron chi connectivity index (χ0n) is 13.1. The van der Waals surface area contributed by atoms with Gasteiger partial charge in [-0.3, -0.25) is 9.10 Å². The minimum atomic E-state index is -3.57. The lowest BCUT2D eigenvalue weighted by Gasteiger charge is -2.22. The first-order chi connectivity index (χ1) is 11.2. The van der Waals surface area contributed by atoms with Crippen molar-refractivity contribution in [1.29, 1.82) is 0 Å². The molecule has 0 aromatic heterocycles. The molecule has 0 aliphatic carbocycles. The lowest BCUT2D eigenvalue weighted by Crippen LogP contribution is -2.37. The van der Waals surface area contributed by atoms with Gasteiger partial charge < -0.3 is 5.32 Å². The Balaban J connectivity index is 2.18. The number of carbonyl (C=O) groups excluding carboxylic acids is 1. The molecule has 1 amide bonds. The molecule has 1 N–H and O–H groups in total. The molecule has 2 aromatic carbocycles. The standard InChI is InChI=1S/C16H16BrIN2O3S/c1-11-9-13(5-8-15(11)17)19-16(21)10-20(24(2,22)23)14-6-3-12(18)4-7-14/h3-9H,10H2,1-2H3,(H,19,21). The number of hydrogen-bond acceptors (Lipinski definition) is 3. The van der Waals surface area contributed by atoms with Gasteiger partial charge in [-0.2, -0.15) is 0 Å². The van der Waals surface area contributed by atoms with Gasteiger partial charge in [0, 0.05) is 13.7 Å². The zero-order valence-corrected chi connectivity index (χ0v) is 17.6. The van der Waals surface area contributed by atoms with Gasteiger partial charge in [-0.05, 0) is 77.5 Å². The third-order valence-corrected chi connectivity index (χ3v) is 5.99. The van der Waals surface area contributed by atoms with E-state index in [1.807, 2.05) is 19.1 Å². The van der Waals surface area contributed by atoms with Crippen LogP contribution >= 0.6 is 38.5 Å². The fraction of sp³-hybridized carbons (Fsp3) is 0.188. The molecule has 5 nitrogen and oxygen atoms in total. The van der Waals surface area contributed by atoms with E-state index >= 15 is 0 Å². The number of hydrogen-bond donors (Lipinski definition) is 1. The fourth-order valence-electron chi connectivity index (χ4n) is 2.06. The number of anilines is 2. The minimum Gasteiger partial charge on any atom is -0.325 e. The third kappa shape index (κ3) is 5.18. The average molecular weight is 523 g/mol. The lowest BCUT2D eigenvalue weighted by atomic mass is 10.2. The van der Waals surface area contributed by atoms with Crippen LogP contribution in [0.3, 0.4) is 0 Å². The lowest BCUT2D eigenvalue weighted by molar-refractivity contribution is -0.114. The van der Waals surface area contributed by atoms with Gasteiger partial charge in [0.15, 0.2) is 0 Å². The summed E-state index contributed by atoms with van der Waals surface area (Å²) in [5, 5.41) is 2.73. The number of sulfonamides is 1. The van der Waals surface area contributed by atoms with E-state index in [0.29, 0.717) is 11.4 Å². The summed E-state index contributed by atoms with van der Waals surface area (Å²) in [6.07, 6.45) is 1.09. The molecule has 24 heavy (non-hydrogen) atoms. The fourth-order valence-corrected chi connectivity index (χ4v) is 3.52. The van der Waals surface area contributed by atoms with Crippen molar-refractivity contribution in [3.05, 3.63) is 56.1 Å². The number of aryl methyl sites for hydroxylation is 1. The molecule has 0 atom stereocenters. The molecule has 128 valence electrons. The SMILES string of the molecule is Cc1cc(NC(=O)CN(c2ccc(I)cc2)S(C)(=O)=O)ccc1Br. The van der Waals surface area contributed by atoms with Crippen molar-refractivity contribution < 1.29 is 13.2 Å². The number of amides is 1. The quantitative estimate of drug-likeness (QED) is 0.608. The van der Waals surface area contributed by atoms with Crippen LogP contribution in [0.2, 0.25) is 0 Å². The maximum absolute atomic E-state index is 12.3. The van der Waals surface area contributed by atoms with Gasteiger partial charge in [-0.1, -0.05) is 15.9 Å². The van der Waals surface area contributed by atoms with Crippen LogP contribution < -0.4 is 9.62 Å². The highest BCUT2D eigenvalue weighted by Gasteiger charge is 2.20. The van der Waals surface area contributed by atoms with Gasteiger partial charge in [0.05, 0.1) is 11.9 Å². The smallest absolute Gasteiger partial charge is 0.245 e. The molecular formula is C16H16BrIN2O3S. The number of rotatable bonds is 5. The van der Waals surface area contributed by atoms with Crippen molar-refractivity contribution in [1.82, 2.24) is 0 Å². The number of nitrogens with one attached hydrogen (secondary N) is 1. The van der Waals surface area contributed by atoms with Gasteiger partial charge in [-0.15, -0.1) is 0 Å². The number of nitrogens with zero attached hydrogens (tertiary/aromatic N) is 1. The summed E-state index contributed by atoms with van der Waals surface area (Å²) < 4.78 is 27.1. The number of carbonyl (C=O) groups is 1. The summed E-state index contributed by atoms with van der Waals surface area (Å²) in [7, 11) is -3.57. The van der Waals surface area contributed by atoms with Crippen LogP contribution in [0.15, 0.2) is 46.9 Å². The Morgan fingerprint density at radius 1 is 1.21 bits per heavy atom. The molecule has 0 saturated heterocycles. The maximum Gasteiger partial charge on any atom is 0.245 e. The first kappa shape index (κ1) is 19.2. The molecule has 0 unspecified atom stereocenters. The molecule has 0 aliphatic rings. The first-order valence-electron chi connectivity index (χ1n) is 6.96. The van der Waals surface area contributed by atoms with Gasteiger partial charge in [0.2, 0.25) is 15.9 Å². The number of benzene rings is 2. The molecular weight excluding hydrogens is 507 g/mol. The van der Waals surface area contributed by atoms with Crippen molar-refractivity contribution in [2.24, 2.45) is 0 Å². The molecule has 0 spiro atoms. The van der Waals surface area contributed by atoms with Crippen molar-refractivity contribution in [2.75, 3.05) is 22.4 Å². The molecule has 8 heteroatoms. The van der Waals surface area contributed by atoms with E-state index in [4.69, 9.17) is 0 Å². The molecule has 0 aliphatic heterocycles. The normalized spacial score (nSPS) is 11.2. The summed E-state index contributed by atoms with van der Waals surface area (Å²) in [6, 6.07) is 12.4. The Kier molecular flexibility index (Phi) is 6.27. The van der Waals surface area contributed by atoms with Crippen LogP contribution in [-0.4, -0.2) is 27.1 Å². The van der Waals surface area contributed by atoms with Crippen LogP contribution in [0.25, 0.3) is 0 Å². The molecule has 0 saturated carbocycles. The van der Waals surface area contributed by atoms with Gasteiger partial charge >= 0.3 is 0 Å². The Bertz CT molecular complexity index is 854. The molecule has 0 radical (unpaired) electrons. The summed E-state index contributed by atoms with van der Waals surface area (Å²) in [4.78, 5) is 12.3. The summed E-state index contributed by atoms with van der Waals surface area (Å²) >= 11 is 5.53. The highest BCUT2D eigenvalue weighted by Crippen LogP contribution is 2.21. The predicted molar refractivity (Wildman–Crippen MR) is 109 cm³/mol. The van der Waals surface area contributed by atoms with Gasteiger partial charge in [-0.25, -0.2) is 8.42 Å². The van der Waals surface area contributed by atoms with E-state index in [9.17, 15) is 13.2 Å². The van der Waals surface area contributed by atoms with Gasteiger partial charge in [0.1, 0.15) is 6.54 Å². The monoisotopic (exact) mass is 522 g/mol. The van der Waals surface area contributed by atoms with Crippen LogP contribution in [-0.2, 0) is 14.8 Å². The van der Waals surface area contributed by atoms with Crippen molar-refractivity contribution >= 4 is 65.8 Å². The van der Waals surface area contributed by atoms with Crippen LogP contribution in [0.5, 0.6) is 0 Å². The van der Waals surface area contributed by atoms with Crippen molar-refractivity contribution in [3.8, 4) is 0 Å². The Hall–Kier alpha value is -1.13. The molecule has 2 rings (SSSR count). The Labute approximate surface area is 163 Å². The van der Waals surface area contributed by atoms with E-state index in [2.05, 4.69) is 43.8 Å². The molecule has 0 heterocycles. The summed E-state index contributed by atoms with van der Waals surface area (Å²) in [6.45, 7) is 1.63. The average Bonchev–Trinajstić information content (AvgIpc) is 2.49. The molecule has 2 aromatic rings. The van der Waals surface area contributed by atoms with Crippen LogP contribution in [0.4, 0.5) is 11.4 Å². The highest BCUT2D eigenvalue weighted by atomic mass is 127. The summed E-state index contributed by atoms with van der Waals surface area (Å²) in [5.74, 6) is -0.402. The molecule has 0 bridgehead atoms. The van der Waals surface area contributed by atoms with Crippen LogP contribution in [0.1, 0.15) is 5.56 Å². The van der Waals surface area contributed by atoms with E-state index in [1.165, 1.54) is 0 Å². The van der Waals surface area contributed by atoms with E-state index in [1.54, 1.807) is 30.3 Å². The minimum absolute atomic E-state index is 0.283. The molecule has 0 fully saturated rings. The van der Waals surface area contributed by atoms with Gasteiger partial charge in [0.25, 0.3) is 0 Å². The number of halogens is 2. The second-order valence-corrected chi connectivity index (χ2v) is 9.26. The van der Waals surface area contributed by atoms with E-state index in [0.717, 1.165) is 24.2 Å². The third-order valence-electron chi connectivity index (χ3n) is 3.24. The second-order valence-electron chi connectivity index (χ2n) is 5.26. The summed E-state index contributed by atoms with van der Waals surface area (Å²) in [5.41, 5.74) is 2.06. The highest BCUT2D eigenvalue weighted by molar-refractivity contribution is 14.1. The van der Waals surface area contributed by atoms with Crippen molar-refractivity contribution in [2.45, 2.75) is 6.92 Å². The van der Waals surface area contributed by atoms with Crippen LogP contribution in [0, 0.1) is 10.5 Å². The predicted octanol–water partition coefficient (Wildman–Crippen LogP) is 3.77. The topological polar surface area (TPSA) is 66.5 Å².